The normalized spacial score (nSPS) is 10.1. The second kappa shape index (κ2) is 6.22. The van der Waals surface area contributed by atoms with E-state index in [1.807, 2.05) is 6.92 Å². The molecule has 0 fully saturated rings. The molecule has 4 nitrogen and oxygen atoms in total. The van der Waals surface area contributed by atoms with E-state index in [0.717, 1.165) is 0 Å². The lowest BCUT2D eigenvalue weighted by molar-refractivity contribution is -0.139. The third kappa shape index (κ3) is 4.63. The second-order valence-corrected chi connectivity index (χ2v) is 3.59. The maximum atomic E-state index is 11.4. The van der Waals surface area contributed by atoms with E-state index < -0.39 is 23.3 Å². The standard InChI is InChI=1S/C11H16O4/c1-4-5-9(14)6-10(15)11(7(2)12)8(3)13/h11H,4-6H2,1-3H3. The van der Waals surface area contributed by atoms with E-state index in [0.29, 0.717) is 12.8 Å². The van der Waals surface area contributed by atoms with Gasteiger partial charge in [-0.3, -0.25) is 19.2 Å². The fourth-order valence-corrected chi connectivity index (χ4v) is 1.40. The summed E-state index contributed by atoms with van der Waals surface area (Å²) in [7, 11) is 0. The van der Waals surface area contributed by atoms with Crippen LogP contribution in [0.2, 0.25) is 0 Å². The number of Topliss-reactive ketones (excluding diaryl/α,β-unsaturated/α-hetero) is 4. The molecular weight excluding hydrogens is 196 g/mol. The molecule has 0 rings (SSSR count). The van der Waals surface area contributed by atoms with E-state index in [-0.39, 0.29) is 12.2 Å². The second-order valence-electron chi connectivity index (χ2n) is 3.59. The zero-order chi connectivity index (χ0) is 12.0. The van der Waals surface area contributed by atoms with E-state index in [1.54, 1.807) is 0 Å². The minimum atomic E-state index is -1.24. The summed E-state index contributed by atoms with van der Waals surface area (Å²) in [5, 5.41) is 0. The van der Waals surface area contributed by atoms with Crippen LogP contribution in [0.5, 0.6) is 0 Å². The molecule has 0 aromatic carbocycles. The average Bonchev–Trinajstić information content (AvgIpc) is 2.01. The van der Waals surface area contributed by atoms with Crippen molar-refractivity contribution in [2.75, 3.05) is 0 Å². The Bertz CT molecular complexity index is 277. The molecule has 0 aromatic rings. The Hall–Kier alpha value is -1.32. The van der Waals surface area contributed by atoms with Gasteiger partial charge in [-0.05, 0) is 20.3 Å². The molecule has 0 radical (unpaired) electrons. The molecule has 0 N–H and O–H groups in total. The fraction of sp³-hybridized carbons (Fsp3) is 0.636. The molecule has 0 spiro atoms. The summed E-state index contributed by atoms with van der Waals surface area (Å²) < 4.78 is 0. The molecule has 0 aliphatic carbocycles. The van der Waals surface area contributed by atoms with Crippen LogP contribution in [0.25, 0.3) is 0 Å². The monoisotopic (exact) mass is 212 g/mol. The van der Waals surface area contributed by atoms with E-state index in [2.05, 4.69) is 0 Å². The van der Waals surface area contributed by atoms with E-state index >= 15 is 0 Å². The average molecular weight is 212 g/mol. The Balaban J connectivity index is 4.47. The number of carbonyl (C=O) groups excluding carboxylic acids is 4. The highest BCUT2D eigenvalue weighted by molar-refractivity contribution is 6.21. The Labute approximate surface area is 89.0 Å². The van der Waals surface area contributed by atoms with Gasteiger partial charge in [0.1, 0.15) is 23.3 Å². The van der Waals surface area contributed by atoms with E-state index in [1.165, 1.54) is 13.8 Å². The smallest absolute Gasteiger partial charge is 0.158 e. The van der Waals surface area contributed by atoms with Crippen LogP contribution < -0.4 is 0 Å². The van der Waals surface area contributed by atoms with Gasteiger partial charge in [0.05, 0.1) is 6.42 Å². The molecule has 0 saturated heterocycles. The minimum absolute atomic E-state index is 0.213. The predicted octanol–water partition coefficient (Wildman–Crippen LogP) is 1.11. The van der Waals surface area contributed by atoms with Crippen molar-refractivity contribution < 1.29 is 19.2 Å². The van der Waals surface area contributed by atoms with Crippen LogP contribution >= 0.6 is 0 Å². The highest BCUT2D eigenvalue weighted by Crippen LogP contribution is 2.07. The van der Waals surface area contributed by atoms with Crippen LogP contribution in [-0.2, 0) is 19.2 Å². The summed E-state index contributed by atoms with van der Waals surface area (Å²) in [5.74, 6) is -3.01. The van der Waals surface area contributed by atoms with Crippen LogP contribution in [0.3, 0.4) is 0 Å². The molecule has 4 heteroatoms. The minimum Gasteiger partial charge on any atom is -0.299 e. The zero-order valence-corrected chi connectivity index (χ0v) is 9.33. The molecule has 0 saturated carbocycles. The maximum absolute atomic E-state index is 11.4. The first-order chi connectivity index (χ1) is 6.90. The van der Waals surface area contributed by atoms with Gasteiger partial charge in [0.25, 0.3) is 0 Å². The molecule has 0 aliphatic heterocycles. The number of ketones is 4. The van der Waals surface area contributed by atoms with Crippen LogP contribution in [0, 0.1) is 5.92 Å². The largest absolute Gasteiger partial charge is 0.299 e. The molecular formula is C11H16O4. The SMILES string of the molecule is CCCC(=O)CC(=O)C(C(C)=O)C(C)=O. The Kier molecular flexibility index (Phi) is 5.67. The van der Waals surface area contributed by atoms with Crippen LogP contribution in [0.1, 0.15) is 40.0 Å². The zero-order valence-electron chi connectivity index (χ0n) is 9.33. The lowest BCUT2D eigenvalue weighted by atomic mass is 9.92. The molecule has 0 amide bonds. The topological polar surface area (TPSA) is 68.3 Å². The van der Waals surface area contributed by atoms with Crippen molar-refractivity contribution in [1.29, 1.82) is 0 Å². The van der Waals surface area contributed by atoms with Crippen LogP contribution in [-0.4, -0.2) is 23.1 Å². The summed E-state index contributed by atoms with van der Waals surface area (Å²) in [5.41, 5.74) is 0. The van der Waals surface area contributed by atoms with Gasteiger partial charge in [0, 0.05) is 6.42 Å². The van der Waals surface area contributed by atoms with Crippen molar-refractivity contribution in [3.63, 3.8) is 0 Å². The van der Waals surface area contributed by atoms with Gasteiger partial charge >= 0.3 is 0 Å². The van der Waals surface area contributed by atoms with Crippen LogP contribution in [0.15, 0.2) is 0 Å². The van der Waals surface area contributed by atoms with Gasteiger partial charge in [-0.1, -0.05) is 6.92 Å². The third-order valence-corrected chi connectivity index (χ3v) is 2.04. The Morgan fingerprint density at radius 3 is 1.80 bits per heavy atom. The van der Waals surface area contributed by atoms with Gasteiger partial charge < -0.3 is 0 Å². The van der Waals surface area contributed by atoms with Crippen LogP contribution in [0.4, 0.5) is 0 Å². The number of hydrogen-bond donors (Lipinski definition) is 0. The highest BCUT2D eigenvalue weighted by atomic mass is 16.2. The number of hydrogen-bond acceptors (Lipinski definition) is 4. The molecule has 0 unspecified atom stereocenters. The van der Waals surface area contributed by atoms with Gasteiger partial charge in [0.2, 0.25) is 0 Å². The van der Waals surface area contributed by atoms with Gasteiger partial charge in [0.15, 0.2) is 5.78 Å². The lowest BCUT2D eigenvalue weighted by Gasteiger charge is -2.07. The molecule has 0 heterocycles. The predicted molar refractivity (Wildman–Crippen MR) is 54.4 cm³/mol. The van der Waals surface area contributed by atoms with Crippen molar-refractivity contribution in [1.82, 2.24) is 0 Å². The number of rotatable bonds is 7. The van der Waals surface area contributed by atoms with Gasteiger partial charge in [-0.2, -0.15) is 0 Å². The molecule has 84 valence electrons. The summed E-state index contributed by atoms with van der Waals surface area (Å²) in [6, 6.07) is 0. The fourth-order valence-electron chi connectivity index (χ4n) is 1.40. The Morgan fingerprint density at radius 2 is 1.47 bits per heavy atom. The van der Waals surface area contributed by atoms with Crippen molar-refractivity contribution in [3.8, 4) is 0 Å². The molecule has 15 heavy (non-hydrogen) atoms. The highest BCUT2D eigenvalue weighted by Gasteiger charge is 2.28. The van der Waals surface area contributed by atoms with Crippen molar-refractivity contribution >= 4 is 23.1 Å². The maximum Gasteiger partial charge on any atom is 0.158 e. The first-order valence-electron chi connectivity index (χ1n) is 4.95. The molecule has 0 atom stereocenters. The molecule has 0 aromatic heterocycles. The summed E-state index contributed by atoms with van der Waals surface area (Å²) in [4.78, 5) is 44.6. The molecule has 0 bridgehead atoms. The Morgan fingerprint density at radius 1 is 1.00 bits per heavy atom. The van der Waals surface area contributed by atoms with Crippen molar-refractivity contribution in [2.45, 2.75) is 40.0 Å². The lowest BCUT2D eigenvalue weighted by Crippen LogP contribution is -2.30. The quantitative estimate of drug-likeness (QED) is 0.593. The van der Waals surface area contributed by atoms with Gasteiger partial charge in [-0.15, -0.1) is 0 Å². The summed E-state index contributed by atoms with van der Waals surface area (Å²) in [6.45, 7) is 4.21. The van der Waals surface area contributed by atoms with Crippen molar-refractivity contribution in [3.05, 3.63) is 0 Å². The summed E-state index contributed by atoms with van der Waals surface area (Å²) >= 11 is 0. The van der Waals surface area contributed by atoms with Crippen molar-refractivity contribution in [2.24, 2.45) is 5.92 Å². The third-order valence-electron chi connectivity index (χ3n) is 2.04. The van der Waals surface area contributed by atoms with Gasteiger partial charge in [-0.25, -0.2) is 0 Å². The first kappa shape index (κ1) is 13.7. The first-order valence-corrected chi connectivity index (χ1v) is 4.95. The van der Waals surface area contributed by atoms with E-state index in [9.17, 15) is 19.2 Å². The number of carbonyl (C=O) groups is 4. The van der Waals surface area contributed by atoms with E-state index in [4.69, 9.17) is 0 Å². The summed E-state index contributed by atoms with van der Waals surface area (Å²) in [6.07, 6.45) is 0.670. The molecule has 0 aliphatic rings.